The van der Waals surface area contributed by atoms with Gasteiger partial charge in [-0.1, -0.05) is 36.4 Å². The highest BCUT2D eigenvalue weighted by atomic mass is 32.2. The summed E-state index contributed by atoms with van der Waals surface area (Å²) in [4.78, 5) is 12.4. The number of ether oxygens (including phenoxy) is 1. The molecule has 3 aromatic rings. The highest BCUT2D eigenvalue weighted by molar-refractivity contribution is 8.00. The minimum absolute atomic E-state index is 0.320. The number of aromatic nitrogens is 2. The number of nitrogens with zero attached hydrogens (tertiary/aromatic N) is 2. The summed E-state index contributed by atoms with van der Waals surface area (Å²) in [5.41, 5.74) is 4.06. The molecule has 26 heavy (non-hydrogen) atoms. The van der Waals surface area contributed by atoms with Crippen molar-refractivity contribution in [2.75, 3.05) is 6.61 Å². The van der Waals surface area contributed by atoms with E-state index in [0.717, 1.165) is 16.7 Å². The van der Waals surface area contributed by atoms with Gasteiger partial charge >= 0.3 is 5.97 Å². The van der Waals surface area contributed by atoms with E-state index in [9.17, 15) is 4.79 Å². The highest BCUT2D eigenvalue weighted by Crippen LogP contribution is 2.36. The third-order valence-electron chi connectivity index (χ3n) is 3.98. The van der Waals surface area contributed by atoms with E-state index in [-0.39, 0.29) is 5.97 Å². The third-order valence-corrected chi connectivity index (χ3v) is 5.05. The van der Waals surface area contributed by atoms with Crippen LogP contribution in [0.15, 0.2) is 58.2 Å². The van der Waals surface area contributed by atoms with E-state index in [4.69, 9.17) is 9.15 Å². The van der Waals surface area contributed by atoms with Gasteiger partial charge in [0.2, 0.25) is 5.89 Å². The van der Waals surface area contributed by atoms with Gasteiger partial charge in [0.1, 0.15) is 5.25 Å². The van der Waals surface area contributed by atoms with Crippen LogP contribution in [0.2, 0.25) is 0 Å². The van der Waals surface area contributed by atoms with E-state index in [1.807, 2.05) is 55.5 Å². The van der Waals surface area contributed by atoms with E-state index >= 15 is 0 Å². The molecule has 6 heteroatoms. The maximum atomic E-state index is 12.4. The summed E-state index contributed by atoms with van der Waals surface area (Å²) < 4.78 is 11.0. The number of hydrogen-bond donors (Lipinski definition) is 0. The maximum absolute atomic E-state index is 12.4. The monoisotopic (exact) mass is 368 g/mol. The SMILES string of the molecule is CCOC(=O)[C@H](Sc1nnc(-c2ccc(C)c(C)c2)o1)c1ccccc1. The number of hydrogen-bond acceptors (Lipinski definition) is 6. The van der Waals surface area contributed by atoms with Gasteiger partial charge in [0.15, 0.2) is 0 Å². The smallest absolute Gasteiger partial charge is 0.324 e. The number of esters is 1. The Kier molecular flexibility index (Phi) is 5.73. The average molecular weight is 368 g/mol. The molecule has 0 saturated heterocycles. The molecule has 3 rings (SSSR count). The molecule has 0 spiro atoms. The van der Waals surface area contributed by atoms with E-state index < -0.39 is 5.25 Å². The van der Waals surface area contributed by atoms with Crippen molar-refractivity contribution in [3.05, 3.63) is 65.2 Å². The van der Waals surface area contributed by atoms with Crippen LogP contribution in [0.1, 0.15) is 28.9 Å². The first-order valence-corrected chi connectivity index (χ1v) is 9.26. The fourth-order valence-electron chi connectivity index (χ4n) is 2.45. The molecular weight excluding hydrogens is 348 g/mol. The van der Waals surface area contributed by atoms with Crippen LogP contribution in [-0.2, 0) is 9.53 Å². The van der Waals surface area contributed by atoms with Crippen LogP contribution in [0.3, 0.4) is 0 Å². The van der Waals surface area contributed by atoms with Crippen molar-refractivity contribution in [1.29, 1.82) is 0 Å². The summed E-state index contributed by atoms with van der Waals surface area (Å²) in [7, 11) is 0. The van der Waals surface area contributed by atoms with Gasteiger partial charge in [-0.05, 0) is 61.4 Å². The standard InChI is InChI=1S/C20H20N2O3S/c1-4-24-19(23)17(15-8-6-5-7-9-15)26-20-22-21-18(25-20)16-11-10-13(2)14(3)12-16/h5-12,17H,4H2,1-3H3/t17-/m1/s1. The van der Waals surface area contributed by atoms with Gasteiger partial charge in [0.25, 0.3) is 5.22 Å². The lowest BCUT2D eigenvalue weighted by atomic mass is 10.1. The zero-order valence-corrected chi connectivity index (χ0v) is 15.7. The van der Waals surface area contributed by atoms with Crippen molar-refractivity contribution in [2.24, 2.45) is 0 Å². The molecule has 0 bridgehead atoms. The second kappa shape index (κ2) is 8.19. The minimum atomic E-state index is -0.552. The molecule has 0 aliphatic heterocycles. The molecule has 134 valence electrons. The predicted molar refractivity (Wildman–Crippen MR) is 101 cm³/mol. The molecule has 0 unspecified atom stereocenters. The number of aryl methyl sites for hydroxylation is 2. The Labute approximate surface area is 156 Å². The zero-order chi connectivity index (χ0) is 18.5. The molecule has 2 aromatic carbocycles. The zero-order valence-electron chi connectivity index (χ0n) is 14.9. The molecule has 0 radical (unpaired) electrons. The fraction of sp³-hybridized carbons (Fsp3) is 0.250. The van der Waals surface area contributed by atoms with Crippen LogP contribution in [0.4, 0.5) is 0 Å². The second-order valence-corrected chi connectivity index (χ2v) is 6.89. The largest absolute Gasteiger partial charge is 0.465 e. The average Bonchev–Trinajstić information content (AvgIpc) is 3.11. The van der Waals surface area contributed by atoms with Crippen LogP contribution < -0.4 is 0 Å². The number of rotatable bonds is 6. The molecule has 0 amide bonds. The Morgan fingerprint density at radius 1 is 1.12 bits per heavy atom. The van der Waals surface area contributed by atoms with Crippen LogP contribution >= 0.6 is 11.8 Å². The highest BCUT2D eigenvalue weighted by Gasteiger charge is 2.26. The summed E-state index contributed by atoms with van der Waals surface area (Å²) in [6, 6.07) is 15.4. The Morgan fingerprint density at radius 2 is 1.88 bits per heavy atom. The van der Waals surface area contributed by atoms with Gasteiger partial charge in [-0.3, -0.25) is 4.79 Å². The number of benzene rings is 2. The van der Waals surface area contributed by atoms with Gasteiger partial charge in [0.05, 0.1) is 6.61 Å². The first-order chi connectivity index (χ1) is 12.6. The van der Waals surface area contributed by atoms with Gasteiger partial charge in [-0.15, -0.1) is 10.2 Å². The Bertz CT molecular complexity index is 893. The first kappa shape index (κ1) is 18.2. The van der Waals surface area contributed by atoms with Crippen molar-refractivity contribution >= 4 is 17.7 Å². The molecule has 1 heterocycles. The lowest BCUT2D eigenvalue weighted by Crippen LogP contribution is -2.13. The fourth-order valence-corrected chi connectivity index (χ4v) is 3.32. The molecule has 0 aliphatic carbocycles. The number of carbonyl (C=O) groups excluding carboxylic acids is 1. The minimum Gasteiger partial charge on any atom is -0.465 e. The first-order valence-electron chi connectivity index (χ1n) is 8.38. The number of carbonyl (C=O) groups is 1. The summed E-state index contributed by atoms with van der Waals surface area (Å²) in [6.45, 7) is 6.20. The Balaban J connectivity index is 1.84. The molecule has 0 N–H and O–H groups in total. The summed E-state index contributed by atoms with van der Waals surface area (Å²) >= 11 is 1.20. The van der Waals surface area contributed by atoms with Gasteiger partial charge in [-0.2, -0.15) is 0 Å². The van der Waals surface area contributed by atoms with Crippen molar-refractivity contribution in [2.45, 2.75) is 31.2 Å². The van der Waals surface area contributed by atoms with E-state index in [2.05, 4.69) is 17.1 Å². The maximum Gasteiger partial charge on any atom is 0.324 e. The molecule has 1 aromatic heterocycles. The lowest BCUT2D eigenvalue weighted by molar-refractivity contribution is -0.142. The molecule has 0 saturated carbocycles. The van der Waals surface area contributed by atoms with Crippen molar-refractivity contribution < 1.29 is 13.9 Å². The second-order valence-electron chi connectivity index (χ2n) is 5.83. The third kappa shape index (κ3) is 4.14. The van der Waals surface area contributed by atoms with Crippen LogP contribution in [0.25, 0.3) is 11.5 Å². The van der Waals surface area contributed by atoms with Crippen LogP contribution in [0.5, 0.6) is 0 Å². The van der Waals surface area contributed by atoms with Crippen molar-refractivity contribution in [3.8, 4) is 11.5 Å². The topological polar surface area (TPSA) is 65.2 Å². The molecule has 1 atom stereocenters. The van der Waals surface area contributed by atoms with Gasteiger partial charge < -0.3 is 9.15 Å². The van der Waals surface area contributed by atoms with E-state index in [1.165, 1.54) is 17.3 Å². The van der Waals surface area contributed by atoms with Crippen molar-refractivity contribution in [1.82, 2.24) is 10.2 Å². The summed E-state index contributed by atoms with van der Waals surface area (Å²) in [6.07, 6.45) is 0. The van der Waals surface area contributed by atoms with Crippen LogP contribution in [0, 0.1) is 13.8 Å². The van der Waals surface area contributed by atoms with Crippen molar-refractivity contribution in [3.63, 3.8) is 0 Å². The Morgan fingerprint density at radius 3 is 2.58 bits per heavy atom. The summed E-state index contributed by atoms with van der Waals surface area (Å²) in [5, 5.41) is 7.99. The van der Waals surface area contributed by atoms with Gasteiger partial charge in [0, 0.05) is 5.56 Å². The lowest BCUT2D eigenvalue weighted by Gasteiger charge is -2.13. The molecular formula is C20H20N2O3S. The predicted octanol–water partition coefficient (Wildman–Crippen LogP) is 4.75. The van der Waals surface area contributed by atoms with E-state index in [0.29, 0.717) is 17.7 Å². The molecule has 5 nitrogen and oxygen atoms in total. The van der Waals surface area contributed by atoms with E-state index in [1.54, 1.807) is 6.92 Å². The summed E-state index contributed by atoms with van der Waals surface area (Å²) in [5.74, 6) is 0.112. The Hall–Kier alpha value is -2.60. The quantitative estimate of drug-likeness (QED) is 0.462. The number of thioether (sulfide) groups is 1. The van der Waals surface area contributed by atoms with Crippen LogP contribution in [-0.4, -0.2) is 22.8 Å². The normalized spacial score (nSPS) is 12.0. The molecule has 0 fully saturated rings. The van der Waals surface area contributed by atoms with Gasteiger partial charge in [-0.25, -0.2) is 0 Å². The molecule has 0 aliphatic rings.